The molecule has 1 fully saturated rings. The lowest BCUT2D eigenvalue weighted by Crippen LogP contribution is -2.45. The van der Waals surface area contributed by atoms with Gasteiger partial charge in [0, 0.05) is 18.9 Å². The van der Waals surface area contributed by atoms with Gasteiger partial charge in [0.05, 0.1) is 0 Å². The first-order valence-corrected chi connectivity index (χ1v) is 6.41. The molecular formula is C13H22N2O2. The SMILES string of the molecule is CCCCCC1CCC(=O)N(CC=CN)C1=O. The second-order valence-electron chi connectivity index (χ2n) is 4.50. The van der Waals surface area contributed by atoms with Crippen molar-refractivity contribution >= 4 is 11.8 Å². The van der Waals surface area contributed by atoms with E-state index in [-0.39, 0.29) is 17.7 Å². The lowest BCUT2D eigenvalue weighted by atomic mass is 9.91. The van der Waals surface area contributed by atoms with Gasteiger partial charge in [0.25, 0.3) is 0 Å². The maximum absolute atomic E-state index is 12.1. The van der Waals surface area contributed by atoms with Gasteiger partial charge >= 0.3 is 0 Å². The van der Waals surface area contributed by atoms with Crippen LogP contribution >= 0.6 is 0 Å². The van der Waals surface area contributed by atoms with Crippen molar-refractivity contribution in [2.24, 2.45) is 11.7 Å². The first-order chi connectivity index (χ1) is 8.20. The van der Waals surface area contributed by atoms with Crippen molar-refractivity contribution in [3.8, 4) is 0 Å². The van der Waals surface area contributed by atoms with Crippen molar-refractivity contribution in [1.82, 2.24) is 4.90 Å². The largest absolute Gasteiger partial charge is 0.405 e. The Morgan fingerprint density at radius 1 is 1.41 bits per heavy atom. The number of imide groups is 1. The maximum atomic E-state index is 12.1. The summed E-state index contributed by atoms with van der Waals surface area (Å²) in [6.07, 6.45) is 8.50. The van der Waals surface area contributed by atoms with Crippen molar-refractivity contribution in [2.75, 3.05) is 6.54 Å². The first kappa shape index (κ1) is 13.7. The number of piperidine rings is 1. The Bertz CT molecular complexity index is 300. The van der Waals surface area contributed by atoms with Gasteiger partial charge in [0.1, 0.15) is 0 Å². The van der Waals surface area contributed by atoms with E-state index >= 15 is 0 Å². The topological polar surface area (TPSA) is 63.4 Å². The van der Waals surface area contributed by atoms with E-state index in [9.17, 15) is 9.59 Å². The molecule has 1 aliphatic rings. The second kappa shape index (κ2) is 7.09. The van der Waals surface area contributed by atoms with Gasteiger partial charge in [0.2, 0.25) is 11.8 Å². The Morgan fingerprint density at radius 3 is 2.82 bits per heavy atom. The lowest BCUT2D eigenvalue weighted by Gasteiger charge is -2.29. The Kier molecular flexibility index (Phi) is 5.73. The summed E-state index contributed by atoms with van der Waals surface area (Å²) in [5, 5.41) is 0. The molecule has 1 saturated heterocycles. The monoisotopic (exact) mass is 238 g/mol. The number of amides is 2. The molecule has 2 N–H and O–H groups in total. The molecule has 0 aromatic heterocycles. The Morgan fingerprint density at radius 2 is 2.18 bits per heavy atom. The van der Waals surface area contributed by atoms with Crippen molar-refractivity contribution < 1.29 is 9.59 Å². The molecular weight excluding hydrogens is 216 g/mol. The van der Waals surface area contributed by atoms with Crippen LogP contribution in [-0.2, 0) is 9.59 Å². The number of carbonyl (C=O) groups is 2. The zero-order valence-corrected chi connectivity index (χ0v) is 10.5. The third-order valence-electron chi connectivity index (χ3n) is 3.20. The smallest absolute Gasteiger partial charge is 0.232 e. The van der Waals surface area contributed by atoms with Crippen LogP contribution in [0.25, 0.3) is 0 Å². The molecule has 1 heterocycles. The Labute approximate surface area is 103 Å². The van der Waals surface area contributed by atoms with Crippen molar-refractivity contribution in [3.05, 3.63) is 12.3 Å². The number of unbranched alkanes of at least 4 members (excludes halogenated alkanes) is 2. The number of nitrogens with zero attached hydrogens (tertiary/aromatic N) is 1. The van der Waals surface area contributed by atoms with E-state index in [0.29, 0.717) is 19.4 Å². The van der Waals surface area contributed by atoms with Gasteiger partial charge in [-0.1, -0.05) is 26.2 Å². The molecule has 1 atom stereocenters. The van der Waals surface area contributed by atoms with Gasteiger partial charge in [-0.2, -0.15) is 0 Å². The summed E-state index contributed by atoms with van der Waals surface area (Å²) in [6.45, 7) is 2.46. The number of hydrogen-bond acceptors (Lipinski definition) is 3. The number of likely N-dealkylation sites (tertiary alicyclic amines) is 1. The van der Waals surface area contributed by atoms with Gasteiger partial charge < -0.3 is 5.73 Å². The van der Waals surface area contributed by atoms with E-state index in [4.69, 9.17) is 5.73 Å². The average Bonchev–Trinajstić information content (AvgIpc) is 2.32. The van der Waals surface area contributed by atoms with Crippen LogP contribution in [0.2, 0.25) is 0 Å². The highest BCUT2D eigenvalue weighted by Gasteiger charge is 2.32. The summed E-state index contributed by atoms with van der Waals surface area (Å²) < 4.78 is 0. The van der Waals surface area contributed by atoms with Crippen molar-refractivity contribution in [1.29, 1.82) is 0 Å². The van der Waals surface area contributed by atoms with Crippen LogP contribution in [0.15, 0.2) is 12.3 Å². The minimum absolute atomic E-state index is 0.0181. The molecule has 4 heteroatoms. The minimum Gasteiger partial charge on any atom is -0.405 e. The number of hydrogen-bond donors (Lipinski definition) is 1. The standard InChI is InChI=1S/C13H22N2O2/c1-2-3-4-6-11-7-8-12(16)15(13(11)17)10-5-9-14/h5,9,11H,2-4,6-8,10,14H2,1H3. The fourth-order valence-electron chi connectivity index (χ4n) is 2.17. The molecule has 0 saturated carbocycles. The zero-order valence-electron chi connectivity index (χ0n) is 10.5. The molecule has 4 nitrogen and oxygen atoms in total. The van der Waals surface area contributed by atoms with Crippen LogP contribution < -0.4 is 5.73 Å². The Balaban J connectivity index is 2.52. The molecule has 17 heavy (non-hydrogen) atoms. The fraction of sp³-hybridized carbons (Fsp3) is 0.692. The molecule has 0 bridgehead atoms. The third kappa shape index (κ3) is 3.88. The number of rotatable bonds is 6. The normalized spacial score (nSPS) is 21.5. The lowest BCUT2D eigenvalue weighted by molar-refractivity contribution is -0.151. The minimum atomic E-state index is -0.0696. The van der Waals surface area contributed by atoms with Gasteiger partial charge in [-0.25, -0.2) is 0 Å². The van der Waals surface area contributed by atoms with Gasteiger partial charge in [-0.15, -0.1) is 0 Å². The third-order valence-corrected chi connectivity index (χ3v) is 3.20. The Hall–Kier alpha value is -1.32. The average molecular weight is 238 g/mol. The van der Waals surface area contributed by atoms with Crippen molar-refractivity contribution in [3.63, 3.8) is 0 Å². The highest BCUT2D eigenvalue weighted by molar-refractivity contribution is 5.98. The van der Waals surface area contributed by atoms with Gasteiger partial charge in [-0.05, 0) is 25.1 Å². The molecule has 1 rings (SSSR count). The molecule has 0 spiro atoms. The van der Waals surface area contributed by atoms with Gasteiger partial charge in [0.15, 0.2) is 0 Å². The van der Waals surface area contributed by atoms with Crippen LogP contribution in [0.1, 0.15) is 45.4 Å². The molecule has 0 aromatic rings. The zero-order chi connectivity index (χ0) is 12.7. The van der Waals surface area contributed by atoms with E-state index in [1.807, 2.05) is 0 Å². The molecule has 0 aliphatic carbocycles. The fourth-order valence-corrected chi connectivity index (χ4v) is 2.17. The molecule has 1 unspecified atom stereocenters. The predicted octanol–water partition coefficient (Wildman–Crippen LogP) is 1.80. The predicted molar refractivity (Wildman–Crippen MR) is 66.9 cm³/mol. The molecule has 96 valence electrons. The summed E-state index contributed by atoms with van der Waals surface area (Å²) in [4.78, 5) is 25.0. The van der Waals surface area contributed by atoms with Crippen LogP contribution in [0.4, 0.5) is 0 Å². The van der Waals surface area contributed by atoms with Crippen LogP contribution in [0, 0.1) is 5.92 Å². The highest BCUT2D eigenvalue weighted by Crippen LogP contribution is 2.24. The van der Waals surface area contributed by atoms with Crippen LogP contribution in [0.5, 0.6) is 0 Å². The number of carbonyl (C=O) groups excluding carboxylic acids is 2. The first-order valence-electron chi connectivity index (χ1n) is 6.41. The molecule has 0 radical (unpaired) electrons. The highest BCUT2D eigenvalue weighted by atomic mass is 16.2. The quantitative estimate of drug-likeness (QED) is 0.567. The molecule has 0 aromatic carbocycles. The van der Waals surface area contributed by atoms with Gasteiger partial charge in [-0.3, -0.25) is 14.5 Å². The summed E-state index contributed by atoms with van der Waals surface area (Å²) in [6, 6.07) is 0. The van der Waals surface area contributed by atoms with E-state index in [1.165, 1.54) is 11.1 Å². The van der Waals surface area contributed by atoms with Crippen LogP contribution in [-0.4, -0.2) is 23.3 Å². The van der Waals surface area contributed by atoms with E-state index < -0.39 is 0 Å². The van der Waals surface area contributed by atoms with Crippen LogP contribution in [0.3, 0.4) is 0 Å². The van der Waals surface area contributed by atoms with Crippen molar-refractivity contribution in [2.45, 2.75) is 45.4 Å². The number of nitrogens with two attached hydrogens (primary N) is 1. The van der Waals surface area contributed by atoms with E-state index in [1.54, 1.807) is 6.08 Å². The summed E-state index contributed by atoms with van der Waals surface area (Å²) in [7, 11) is 0. The second-order valence-corrected chi connectivity index (χ2v) is 4.50. The molecule has 1 aliphatic heterocycles. The van der Waals surface area contributed by atoms with E-state index in [0.717, 1.165) is 25.7 Å². The summed E-state index contributed by atoms with van der Waals surface area (Å²) in [5.74, 6) is -0.0549. The van der Waals surface area contributed by atoms with E-state index in [2.05, 4.69) is 6.92 Å². The summed E-state index contributed by atoms with van der Waals surface area (Å²) in [5.41, 5.74) is 5.24. The molecule has 2 amide bonds. The maximum Gasteiger partial charge on any atom is 0.232 e. The summed E-state index contributed by atoms with van der Waals surface area (Å²) >= 11 is 0.